The van der Waals surface area contributed by atoms with Crippen molar-refractivity contribution < 1.29 is 27.6 Å². The molecule has 2 aromatic carbocycles. The van der Waals surface area contributed by atoms with Crippen LogP contribution in [0.3, 0.4) is 0 Å². The first-order valence-corrected chi connectivity index (χ1v) is 9.77. The third kappa shape index (κ3) is 5.37. The summed E-state index contributed by atoms with van der Waals surface area (Å²) in [5, 5.41) is 7.68. The summed E-state index contributed by atoms with van der Waals surface area (Å²) in [7, 11) is 0. The van der Waals surface area contributed by atoms with Crippen LogP contribution in [0.5, 0.6) is 0 Å². The number of amides is 3. The number of hydrogen-bond donors (Lipinski definition) is 3. The molecular weight excluding hydrogens is 420 g/mol. The molecule has 0 radical (unpaired) electrons. The Morgan fingerprint density at radius 2 is 1.41 bits per heavy atom. The van der Waals surface area contributed by atoms with Gasteiger partial charge in [-0.1, -0.05) is 19.9 Å². The van der Waals surface area contributed by atoms with Crippen molar-refractivity contribution in [2.45, 2.75) is 19.9 Å². The minimum atomic E-state index is -1.04. The Morgan fingerprint density at radius 3 is 1.94 bits per heavy atom. The number of furan rings is 1. The maximum absolute atomic E-state index is 13.9. The van der Waals surface area contributed by atoms with Gasteiger partial charge < -0.3 is 20.4 Å². The maximum Gasteiger partial charge on any atom is 0.291 e. The van der Waals surface area contributed by atoms with E-state index in [-0.39, 0.29) is 11.7 Å². The molecule has 3 N–H and O–H groups in total. The molecule has 3 rings (SSSR count). The van der Waals surface area contributed by atoms with Crippen LogP contribution in [0.2, 0.25) is 0 Å². The monoisotopic (exact) mass is 441 g/mol. The highest BCUT2D eigenvalue weighted by atomic mass is 19.1. The van der Waals surface area contributed by atoms with Crippen LogP contribution in [-0.4, -0.2) is 23.8 Å². The van der Waals surface area contributed by atoms with E-state index >= 15 is 0 Å². The molecule has 1 aromatic heterocycles. The molecule has 0 aliphatic rings. The molecule has 0 bridgehead atoms. The highest BCUT2D eigenvalue weighted by molar-refractivity contribution is 6.03. The Morgan fingerprint density at radius 1 is 0.812 bits per heavy atom. The maximum atomic E-state index is 13.9. The van der Waals surface area contributed by atoms with E-state index in [9.17, 15) is 23.2 Å². The summed E-state index contributed by atoms with van der Waals surface area (Å²) in [5.41, 5.74) is 0.138. The molecule has 1 unspecified atom stereocenters. The number of benzene rings is 2. The lowest BCUT2D eigenvalue weighted by molar-refractivity contribution is -0.118. The number of carbonyl (C=O) groups is 3. The Balaban J connectivity index is 1.65. The van der Waals surface area contributed by atoms with Crippen molar-refractivity contribution in [3.05, 3.63) is 83.8 Å². The first-order valence-electron chi connectivity index (χ1n) is 9.77. The third-order valence-electron chi connectivity index (χ3n) is 4.58. The van der Waals surface area contributed by atoms with Crippen molar-refractivity contribution in [3.8, 4) is 0 Å². The SMILES string of the molecule is CC(C)C(NC(=O)c1c(F)cccc1F)C(=O)Nc1ccc(NC(=O)c2ccco2)cc1. The standard InChI is InChI=1S/C23H21F2N3O4/c1-13(2)20(28-22(30)19-16(24)5-3-6-17(19)25)23(31)27-15-10-8-14(9-11-15)26-21(29)18-7-4-12-32-18/h3-13,20H,1-2H3,(H,26,29)(H,27,31)(H,28,30). The van der Waals surface area contributed by atoms with Gasteiger partial charge in [0.1, 0.15) is 23.2 Å². The highest BCUT2D eigenvalue weighted by Gasteiger charge is 2.27. The molecule has 166 valence electrons. The van der Waals surface area contributed by atoms with Gasteiger partial charge in [-0.3, -0.25) is 14.4 Å². The summed E-state index contributed by atoms with van der Waals surface area (Å²) in [6, 6.07) is 11.4. The lowest BCUT2D eigenvalue weighted by Gasteiger charge is -2.22. The second kappa shape index (κ2) is 9.86. The first kappa shape index (κ1) is 22.7. The number of rotatable bonds is 7. The van der Waals surface area contributed by atoms with Crippen molar-refractivity contribution in [2.24, 2.45) is 5.92 Å². The van der Waals surface area contributed by atoms with Crippen molar-refractivity contribution in [1.82, 2.24) is 5.32 Å². The van der Waals surface area contributed by atoms with Crippen molar-refractivity contribution >= 4 is 29.1 Å². The first-order chi connectivity index (χ1) is 15.3. The van der Waals surface area contributed by atoms with Crippen LogP contribution in [0.15, 0.2) is 65.3 Å². The molecule has 9 heteroatoms. The summed E-state index contributed by atoms with van der Waals surface area (Å²) in [6.45, 7) is 3.38. The van der Waals surface area contributed by atoms with Crippen LogP contribution in [0, 0.1) is 17.6 Å². The van der Waals surface area contributed by atoms with E-state index in [2.05, 4.69) is 16.0 Å². The number of anilines is 2. The van der Waals surface area contributed by atoms with Gasteiger partial charge in [0.05, 0.1) is 6.26 Å². The Hall–Kier alpha value is -4.01. The van der Waals surface area contributed by atoms with E-state index in [0.29, 0.717) is 11.4 Å². The van der Waals surface area contributed by atoms with E-state index < -0.39 is 41.0 Å². The van der Waals surface area contributed by atoms with Gasteiger partial charge in [-0.25, -0.2) is 8.78 Å². The quantitative estimate of drug-likeness (QED) is 0.512. The normalized spacial score (nSPS) is 11.7. The smallest absolute Gasteiger partial charge is 0.291 e. The van der Waals surface area contributed by atoms with Crippen LogP contribution in [-0.2, 0) is 4.79 Å². The molecule has 7 nitrogen and oxygen atoms in total. The Kier molecular flexibility index (Phi) is 6.99. The minimum absolute atomic E-state index is 0.157. The van der Waals surface area contributed by atoms with E-state index in [1.54, 1.807) is 44.2 Å². The molecule has 3 aromatic rings. The van der Waals surface area contributed by atoms with Crippen molar-refractivity contribution in [1.29, 1.82) is 0 Å². The minimum Gasteiger partial charge on any atom is -0.459 e. The predicted molar refractivity (Wildman–Crippen MR) is 114 cm³/mol. The van der Waals surface area contributed by atoms with Crippen LogP contribution in [0.25, 0.3) is 0 Å². The van der Waals surface area contributed by atoms with Gasteiger partial charge in [0.2, 0.25) is 5.91 Å². The zero-order valence-corrected chi connectivity index (χ0v) is 17.3. The fraction of sp³-hybridized carbons (Fsp3) is 0.174. The number of carbonyl (C=O) groups excluding carboxylic acids is 3. The molecule has 0 spiro atoms. The van der Waals surface area contributed by atoms with Gasteiger partial charge in [0, 0.05) is 11.4 Å². The van der Waals surface area contributed by atoms with Crippen LogP contribution >= 0.6 is 0 Å². The number of nitrogens with one attached hydrogen (secondary N) is 3. The fourth-order valence-electron chi connectivity index (χ4n) is 2.92. The summed E-state index contributed by atoms with van der Waals surface area (Å²) in [4.78, 5) is 37.1. The number of halogens is 2. The topological polar surface area (TPSA) is 100 Å². The van der Waals surface area contributed by atoms with Crippen molar-refractivity contribution in [2.75, 3.05) is 10.6 Å². The Bertz CT molecular complexity index is 1090. The largest absolute Gasteiger partial charge is 0.459 e. The molecule has 32 heavy (non-hydrogen) atoms. The molecule has 1 atom stereocenters. The van der Waals surface area contributed by atoms with Crippen LogP contribution < -0.4 is 16.0 Å². The van der Waals surface area contributed by atoms with Crippen molar-refractivity contribution in [3.63, 3.8) is 0 Å². The van der Waals surface area contributed by atoms with Crippen LogP contribution in [0.1, 0.15) is 34.8 Å². The molecule has 3 amide bonds. The third-order valence-corrected chi connectivity index (χ3v) is 4.58. The highest BCUT2D eigenvalue weighted by Crippen LogP contribution is 2.17. The summed E-state index contributed by atoms with van der Waals surface area (Å²) in [6.07, 6.45) is 1.39. The van der Waals surface area contributed by atoms with Gasteiger partial charge in [-0.15, -0.1) is 0 Å². The van der Waals surface area contributed by atoms with Gasteiger partial charge in [0.15, 0.2) is 5.76 Å². The van der Waals surface area contributed by atoms with Gasteiger partial charge >= 0.3 is 0 Å². The lowest BCUT2D eigenvalue weighted by Crippen LogP contribution is -2.47. The molecule has 0 fully saturated rings. The average Bonchev–Trinajstić information content (AvgIpc) is 3.28. The average molecular weight is 441 g/mol. The van der Waals surface area contributed by atoms with E-state index in [0.717, 1.165) is 18.2 Å². The second-order valence-electron chi connectivity index (χ2n) is 7.29. The zero-order chi connectivity index (χ0) is 23.3. The fourth-order valence-corrected chi connectivity index (χ4v) is 2.92. The molecular formula is C23H21F2N3O4. The van der Waals surface area contributed by atoms with E-state index in [1.165, 1.54) is 12.3 Å². The zero-order valence-electron chi connectivity index (χ0n) is 17.3. The summed E-state index contributed by atoms with van der Waals surface area (Å²) in [5.74, 6) is -4.24. The van der Waals surface area contributed by atoms with Crippen LogP contribution in [0.4, 0.5) is 20.2 Å². The van der Waals surface area contributed by atoms with Gasteiger partial charge in [0.25, 0.3) is 11.8 Å². The molecule has 0 aliphatic carbocycles. The van der Waals surface area contributed by atoms with E-state index in [4.69, 9.17) is 4.42 Å². The molecule has 0 saturated heterocycles. The summed E-state index contributed by atoms with van der Waals surface area (Å²) >= 11 is 0. The Labute approximate surface area is 182 Å². The predicted octanol–water partition coefficient (Wildman–Crippen LogP) is 4.20. The number of hydrogen-bond acceptors (Lipinski definition) is 4. The second-order valence-corrected chi connectivity index (χ2v) is 7.29. The molecule has 1 heterocycles. The molecule has 0 saturated carbocycles. The molecule has 0 aliphatic heterocycles. The van der Waals surface area contributed by atoms with Gasteiger partial charge in [-0.05, 0) is 54.4 Å². The summed E-state index contributed by atoms with van der Waals surface area (Å²) < 4.78 is 32.8. The van der Waals surface area contributed by atoms with E-state index in [1.807, 2.05) is 0 Å². The van der Waals surface area contributed by atoms with Gasteiger partial charge in [-0.2, -0.15) is 0 Å². The lowest BCUT2D eigenvalue weighted by atomic mass is 10.0.